The highest BCUT2D eigenvalue weighted by atomic mass is 79.9. The summed E-state index contributed by atoms with van der Waals surface area (Å²) in [5, 5.41) is 0. The Morgan fingerprint density at radius 3 is 1.79 bits per heavy atom. The summed E-state index contributed by atoms with van der Waals surface area (Å²) in [6, 6.07) is 1.92. The Bertz CT molecular complexity index is 214. The van der Waals surface area contributed by atoms with Crippen LogP contribution < -0.4 is 5.73 Å². The highest BCUT2D eigenvalue weighted by molar-refractivity contribution is 9.10. The molecule has 0 unspecified atom stereocenters. The summed E-state index contributed by atoms with van der Waals surface area (Å²) in [7, 11) is 0. The summed E-state index contributed by atoms with van der Waals surface area (Å²) in [4.78, 5) is 0. The SMILES string of the molecule is CC.CC.Nc1cc(F)c(Br)cc1F. The first-order chi connectivity index (χ1) is 6.61. The first kappa shape index (κ1) is 15.8. The summed E-state index contributed by atoms with van der Waals surface area (Å²) < 4.78 is 25.0. The molecule has 0 fully saturated rings. The van der Waals surface area contributed by atoms with Crippen LogP contribution in [-0.4, -0.2) is 0 Å². The van der Waals surface area contributed by atoms with Gasteiger partial charge in [0, 0.05) is 6.07 Å². The summed E-state index contributed by atoms with van der Waals surface area (Å²) in [5.74, 6) is -1.17. The minimum absolute atomic E-state index is 0.0826. The summed E-state index contributed by atoms with van der Waals surface area (Å²) in [6.45, 7) is 8.00. The number of nitrogens with two attached hydrogens (primary N) is 1. The van der Waals surface area contributed by atoms with Gasteiger partial charge in [0.1, 0.15) is 11.6 Å². The molecule has 0 amide bonds. The smallest absolute Gasteiger partial charge is 0.147 e. The summed E-state index contributed by atoms with van der Waals surface area (Å²) in [6.07, 6.45) is 0. The van der Waals surface area contributed by atoms with Crippen LogP contribution in [0.15, 0.2) is 16.6 Å². The lowest BCUT2D eigenvalue weighted by atomic mass is 10.3. The normalized spacial score (nSPS) is 7.93. The number of hydrogen-bond acceptors (Lipinski definition) is 1. The maximum atomic E-state index is 12.5. The van der Waals surface area contributed by atoms with E-state index in [-0.39, 0.29) is 10.2 Å². The molecule has 0 atom stereocenters. The molecule has 1 nitrogen and oxygen atoms in total. The van der Waals surface area contributed by atoms with E-state index in [9.17, 15) is 8.78 Å². The third-order valence-electron chi connectivity index (χ3n) is 1.04. The van der Waals surface area contributed by atoms with Crippen molar-refractivity contribution in [3.8, 4) is 0 Å². The Balaban J connectivity index is 0. The predicted molar refractivity (Wildman–Crippen MR) is 61.2 cm³/mol. The lowest BCUT2D eigenvalue weighted by molar-refractivity contribution is 0.598. The van der Waals surface area contributed by atoms with E-state index < -0.39 is 11.6 Å². The van der Waals surface area contributed by atoms with Gasteiger partial charge in [-0.3, -0.25) is 0 Å². The number of nitrogen functional groups attached to an aromatic ring is 1. The van der Waals surface area contributed by atoms with E-state index >= 15 is 0 Å². The van der Waals surface area contributed by atoms with Crippen LogP contribution in [0.4, 0.5) is 14.5 Å². The van der Waals surface area contributed by atoms with Gasteiger partial charge in [0.15, 0.2) is 0 Å². The van der Waals surface area contributed by atoms with Crippen LogP contribution in [0.1, 0.15) is 27.7 Å². The molecule has 2 N–H and O–H groups in total. The molecule has 0 heterocycles. The van der Waals surface area contributed by atoms with Crippen LogP contribution in [0.25, 0.3) is 0 Å². The van der Waals surface area contributed by atoms with E-state index in [1.165, 1.54) is 0 Å². The van der Waals surface area contributed by atoms with Crippen molar-refractivity contribution in [1.29, 1.82) is 0 Å². The average Bonchev–Trinajstić information content (AvgIpc) is 2.21. The van der Waals surface area contributed by atoms with Crippen molar-refractivity contribution >= 4 is 21.6 Å². The van der Waals surface area contributed by atoms with Crippen molar-refractivity contribution in [2.75, 3.05) is 5.73 Å². The zero-order chi connectivity index (χ0) is 11.7. The monoisotopic (exact) mass is 267 g/mol. The molecule has 82 valence electrons. The van der Waals surface area contributed by atoms with Gasteiger partial charge < -0.3 is 5.73 Å². The van der Waals surface area contributed by atoms with Crippen molar-refractivity contribution in [2.24, 2.45) is 0 Å². The van der Waals surface area contributed by atoms with E-state index in [1.54, 1.807) is 0 Å². The fraction of sp³-hybridized carbons (Fsp3) is 0.400. The highest BCUT2D eigenvalue weighted by Crippen LogP contribution is 2.20. The molecule has 0 saturated heterocycles. The molecular weight excluding hydrogens is 252 g/mol. The van der Waals surface area contributed by atoms with E-state index in [2.05, 4.69) is 15.9 Å². The van der Waals surface area contributed by atoms with Crippen LogP contribution in [0.2, 0.25) is 0 Å². The molecule has 0 aliphatic heterocycles. The van der Waals surface area contributed by atoms with Crippen LogP contribution in [0, 0.1) is 11.6 Å². The molecule has 1 rings (SSSR count). The molecule has 0 aromatic heterocycles. The first-order valence-electron chi connectivity index (χ1n) is 4.51. The van der Waals surface area contributed by atoms with Gasteiger partial charge in [-0.25, -0.2) is 8.78 Å². The first-order valence-corrected chi connectivity index (χ1v) is 5.30. The fourth-order valence-electron chi connectivity index (χ4n) is 0.538. The van der Waals surface area contributed by atoms with Gasteiger partial charge in [-0.15, -0.1) is 0 Å². The number of benzene rings is 1. The van der Waals surface area contributed by atoms with Crippen LogP contribution in [0.3, 0.4) is 0 Å². The second-order valence-corrected chi connectivity index (χ2v) is 2.64. The van der Waals surface area contributed by atoms with E-state index in [0.29, 0.717) is 0 Å². The maximum absolute atomic E-state index is 12.5. The van der Waals surface area contributed by atoms with Gasteiger partial charge in [-0.1, -0.05) is 27.7 Å². The van der Waals surface area contributed by atoms with Gasteiger partial charge in [0.2, 0.25) is 0 Å². The molecular formula is C10H16BrF2N. The van der Waals surface area contributed by atoms with E-state index in [4.69, 9.17) is 5.73 Å². The second-order valence-electron chi connectivity index (χ2n) is 1.79. The van der Waals surface area contributed by atoms with Crippen LogP contribution in [0.5, 0.6) is 0 Å². The van der Waals surface area contributed by atoms with Gasteiger partial charge in [-0.2, -0.15) is 0 Å². The van der Waals surface area contributed by atoms with Crippen LogP contribution in [-0.2, 0) is 0 Å². The third kappa shape index (κ3) is 5.17. The minimum atomic E-state index is -0.617. The Hall–Kier alpha value is -0.640. The molecule has 1 aromatic carbocycles. The second kappa shape index (κ2) is 8.94. The molecule has 0 radical (unpaired) electrons. The van der Waals surface area contributed by atoms with Crippen molar-refractivity contribution < 1.29 is 8.78 Å². The zero-order valence-corrected chi connectivity index (χ0v) is 10.5. The molecule has 1 aromatic rings. The van der Waals surface area contributed by atoms with Gasteiger partial charge >= 0.3 is 0 Å². The van der Waals surface area contributed by atoms with Crippen molar-refractivity contribution in [2.45, 2.75) is 27.7 Å². The molecule has 0 saturated carbocycles. The van der Waals surface area contributed by atoms with E-state index in [1.807, 2.05) is 27.7 Å². The number of halogens is 3. The number of rotatable bonds is 0. The molecule has 14 heavy (non-hydrogen) atoms. The van der Waals surface area contributed by atoms with E-state index in [0.717, 1.165) is 12.1 Å². The van der Waals surface area contributed by atoms with Crippen molar-refractivity contribution in [3.05, 3.63) is 28.2 Å². The number of hydrogen-bond donors (Lipinski definition) is 1. The lowest BCUT2D eigenvalue weighted by Crippen LogP contribution is -1.91. The Morgan fingerprint density at radius 2 is 1.43 bits per heavy atom. The third-order valence-corrected chi connectivity index (χ3v) is 1.65. The molecule has 4 heteroatoms. The molecule has 0 aliphatic carbocycles. The van der Waals surface area contributed by atoms with Gasteiger partial charge in [0.05, 0.1) is 10.2 Å². The predicted octanol–water partition coefficient (Wildman–Crippen LogP) is 4.36. The Morgan fingerprint density at radius 1 is 1.00 bits per heavy atom. The highest BCUT2D eigenvalue weighted by Gasteiger charge is 2.03. The Kier molecular flexibility index (Phi) is 10.1. The largest absolute Gasteiger partial charge is 0.396 e. The van der Waals surface area contributed by atoms with Crippen LogP contribution >= 0.6 is 15.9 Å². The summed E-state index contributed by atoms with van der Waals surface area (Å²) >= 11 is 2.81. The minimum Gasteiger partial charge on any atom is -0.396 e. The maximum Gasteiger partial charge on any atom is 0.147 e. The molecule has 0 aliphatic rings. The molecule has 0 spiro atoms. The quantitative estimate of drug-likeness (QED) is 0.549. The summed E-state index contributed by atoms with van der Waals surface area (Å²) in [5.41, 5.74) is 4.87. The number of anilines is 1. The molecule has 0 bridgehead atoms. The zero-order valence-electron chi connectivity index (χ0n) is 8.87. The van der Waals surface area contributed by atoms with Crippen molar-refractivity contribution in [1.82, 2.24) is 0 Å². The Labute approximate surface area is 92.4 Å². The van der Waals surface area contributed by atoms with Gasteiger partial charge in [-0.05, 0) is 22.0 Å². The lowest BCUT2D eigenvalue weighted by Gasteiger charge is -1.97. The fourth-order valence-corrected chi connectivity index (χ4v) is 0.853. The standard InChI is InChI=1S/C6H4BrF2N.2C2H6/c7-3-1-5(9)6(10)2-4(3)8;2*1-2/h1-2H,10H2;2*1-2H3. The topological polar surface area (TPSA) is 26.0 Å². The average molecular weight is 268 g/mol. The van der Waals surface area contributed by atoms with Crippen molar-refractivity contribution in [3.63, 3.8) is 0 Å². The van der Waals surface area contributed by atoms with Gasteiger partial charge in [0.25, 0.3) is 0 Å².